The third-order valence-electron chi connectivity index (χ3n) is 4.64. The lowest BCUT2D eigenvalue weighted by molar-refractivity contribution is -0.141. The second-order valence-electron chi connectivity index (χ2n) is 7.54. The first-order valence-electron chi connectivity index (χ1n) is 10.8. The summed E-state index contributed by atoms with van der Waals surface area (Å²) < 4.78 is 77.3. The molecule has 1 aromatic rings. The summed E-state index contributed by atoms with van der Waals surface area (Å²) in [6.45, 7) is 4.72. The average Bonchev–Trinajstić information content (AvgIpc) is 2.78. The number of halogens is 6. The van der Waals surface area contributed by atoms with E-state index in [2.05, 4.69) is 40.8 Å². The zero-order valence-corrected chi connectivity index (χ0v) is 19.5. The molecule has 8 nitrogen and oxygen atoms in total. The van der Waals surface area contributed by atoms with Crippen molar-refractivity contribution >= 4 is 23.2 Å². The van der Waals surface area contributed by atoms with Crippen molar-refractivity contribution in [2.75, 3.05) is 45.1 Å². The Kier molecular flexibility index (Phi) is 10.2. The number of nitrogens with zero attached hydrogens (tertiary/aromatic N) is 5. The van der Waals surface area contributed by atoms with Gasteiger partial charge in [0.2, 0.25) is 5.96 Å². The lowest BCUT2D eigenvalue weighted by Gasteiger charge is -2.24. The predicted octanol–water partition coefficient (Wildman–Crippen LogP) is 3.32. The van der Waals surface area contributed by atoms with Crippen LogP contribution in [0.2, 0.25) is 0 Å². The van der Waals surface area contributed by atoms with Gasteiger partial charge in [-0.05, 0) is 38.7 Å². The molecule has 1 aliphatic heterocycles. The van der Waals surface area contributed by atoms with Crippen molar-refractivity contribution in [2.24, 2.45) is 15.0 Å². The molecule has 2 heterocycles. The molecule has 1 aromatic heterocycles. The van der Waals surface area contributed by atoms with E-state index < -0.39 is 30.8 Å². The molecule has 0 spiro atoms. The van der Waals surface area contributed by atoms with Crippen LogP contribution in [0.1, 0.15) is 19.5 Å². The fraction of sp³-hybridized carbons (Fsp3) is 0.524. The zero-order valence-electron chi connectivity index (χ0n) is 19.5. The standard InChI is InChI=1S/C21H28F6N8/c1-4-6-15(30-13-20(22,23)24)18-32-17(12-28-9-10-35(3)5-2)33-19(34-18)31-14-7-8-29-16(11-14)21(25,26)27/h4,6-8,11,17,28H,5,9-10,12-13H2,1-3H3,(H2,29,31,32,33,34)/b6-4-,30-15+. The highest BCUT2D eigenvalue weighted by Crippen LogP contribution is 2.28. The average molecular weight is 506 g/mol. The molecule has 0 saturated carbocycles. The number of anilines is 1. The highest BCUT2D eigenvalue weighted by molar-refractivity contribution is 6.47. The number of nitrogens with one attached hydrogen (secondary N) is 3. The minimum atomic E-state index is -4.65. The normalized spacial score (nSPS) is 17.4. The maximum atomic E-state index is 13.0. The van der Waals surface area contributed by atoms with E-state index in [-0.39, 0.29) is 29.7 Å². The Bertz CT molecular complexity index is 952. The number of hydrogen-bond acceptors (Lipinski definition) is 8. The first-order valence-corrected chi connectivity index (χ1v) is 10.8. The second-order valence-corrected chi connectivity index (χ2v) is 7.54. The summed E-state index contributed by atoms with van der Waals surface area (Å²) in [7, 11) is 1.95. The van der Waals surface area contributed by atoms with Crippen LogP contribution in [-0.4, -0.2) is 79.5 Å². The molecular weight excluding hydrogens is 478 g/mol. The molecule has 0 fully saturated rings. The molecule has 0 amide bonds. The molecule has 1 atom stereocenters. The molecule has 3 N–H and O–H groups in total. The number of likely N-dealkylation sites (N-methyl/N-ethyl adjacent to an activating group) is 1. The van der Waals surface area contributed by atoms with E-state index in [1.54, 1.807) is 6.92 Å². The van der Waals surface area contributed by atoms with Crippen molar-refractivity contribution < 1.29 is 26.3 Å². The number of amidine groups is 1. The third-order valence-corrected chi connectivity index (χ3v) is 4.64. The van der Waals surface area contributed by atoms with Crippen LogP contribution in [-0.2, 0) is 6.18 Å². The molecule has 1 unspecified atom stereocenters. The van der Waals surface area contributed by atoms with Crippen LogP contribution in [0, 0.1) is 0 Å². The summed E-state index contributed by atoms with van der Waals surface area (Å²) >= 11 is 0. The molecule has 1 aliphatic rings. The van der Waals surface area contributed by atoms with E-state index in [0.29, 0.717) is 6.54 Å². The molecule has 35 heavy (non-hydrogen) atoms. The second kappa shape index (κ2) is 12.6. The molecule has 2 rings (SSSR count). The summed E-state index contributed by atoms with van der Waals surface area (Å²) in [6.07, 6.45) is -6.01. The molecule has 194 valence electrons. The Morgan fingerprint density at radius 2 is 2.00 bits per heavy atom. The van der Waals surface area contributed by atoms with Gasteiger partial charge in [-0.25, -0.2) is 4.99 Å². The van der Waals surface area contributed by atoms with Crippen molar-refractivity contribution in [3.63, 3.8) is 0 Å². The number of alkyl halides is 6. The van der Waals surface area contributed by atoms with Crippen molar-refractivity contribution in [1.29, 1.82) is 0 Å². The number of hydrogen-bond donors (Lipinski definition) is 3. The van der Waals surface area contributed by atoms with Gasteiger partial charge in [0.25, 0.3) is 0 Å². The third kappa shape index (κ3) is 10.0. The molecule has 0 aromatic carbocycles. The minimum absolute atomic E-state index is 0.0102. The first kappa shape index (κ1) is 28.2. The van der Waals surface area contributed by atoms with Crippen molar-refractivity contribution in [1.82, 2.24) is 20.5 Å². The van der Waals surface area contributed by atoms with E-state index in [1.807, 2.05) is 14.0 Å². The van der Waals surface area contributed by atoms with Gasteiger partial charge in [0.1, 0.15) is 24.1 Å². The molecule has 0 bridgehead atoms. The van der Waals surface area contributed by atoms with Crippen LogP contribution in [0.25, 0.3) is 0 Å². The monoisotopic (exact) mass is 506 g/mol. The number of rotatable bonds is 10. The fourth-order valence-electron chi connectivity index (χ4n) is 2.79. The lowest BCUT2D eigenvalue weighted by atomic mass is 10.2. The minimum Gasteiger partial charge on any atom is -0.333 e. The van der Waals surface area contributed by atoms with E-state index in [1.165, 1.54) is 18.2 Å². The Morgan fingerprint density at radius 1 is 1.26 bits per heavy atom. The van der Waals surface area contributed by atoms with Crippen molar-refractivity contribution in [2.45, 2.75) is 32.4 Å². The van der Waals surface area contributed by atoms with Crippen molar-refractivity contribution in [3.8, 4) is 0 Å². The summed E-state index contributed by atoms with van der Waals surface area (Å²) in [4.78, 5) is 17.5. The SMILES string of the molecule is C/C=C\C(=N/CC(F)(F)F)C1=NC(CNCCN(C)CC)NC(Nc2ccnc(C(F)(F)F)c2)=N1. The number of guanidine groups is 1. The molecule has 0 aliphatic carbocycles. The zero-order chi connectivity index (χ0) is 26.1. The van der Waals surface area contributed by atoms with Crippen LogP contribution >= 0.6 is 0 Å². The quantitative estimate of drug-likeness (QED) is 0.258. The van der Waals surface area contributed by atoms with Crippen molar-refractivity contribution in [3.05, 3.63) is 36.2 Å². The van der Waals surface area contributed by atoms with Crippen LogP contribution in [0.3, 0.4) is 0 Å². The van der Waals surface area contributed by atoms with E-state index in [0.717, 1.165) is 25.4 Å². The van der Waals surface area contributed by atoms with Crippen LogP contribution in [0.5, 0.6) is 0 Å². The summed E-state index contributed by atoms with van der Waals surface area (Å²) in [5.41, 5.74) is -1.17. The highest BCUT2D eigenvalue weighted by Gasteiger charge is 2.33. The summed E-state index contributed by atoms with van der Waals surface area (Å²) in [6, 6.07) is 2.11. The Labute approximate surface area is 199 Å². The van der Waals surface area contributed by atoms with Gasteiger partial charge in [0.05, 0.1) is 0 Å². The van der Waals surface area contributed by atoms with E-state index >= 15 is 0 Å². The van der Waals surface area contributed by atoms with Gasteiger partial charge < -0.3 is 20.9 Å². The fourth-order valence-corrected chi connectivity index (χ4v) is 2.79. The van der Waals surface area contributed by atoms with E-state index in [4.69, 9.17) is 0 Å². The molecule has 0 saturated heterocycles. The van der Waals surface area contributed by atoms with Gasteiger partial charge in [-0.2, -0.15) is 31.3 Å². The number of allylic oxidation sites excluding steroid dienone is 1. The van der Waals surface area contributed by atoms with Crippen LogP contribution in [0.15, 0.2) is 45.5 Å². The van der Waals surface area contributed by atoms with Gasteiger partial charge >= 0.3 is 12.4 Å². The number of aliphatic imine (C=N–C) groups is 3. The van der Waals surface area contributed by atoms with Gasteiger partial charge in [0.15, 0.2) is 5.84 Å². The highest BCUT2D eigenvalue weighted by atomic mass is 19.4. The smallest absolute Gasteiger partial charge is 0.333 e. The van der Waals surface area contributed by atoms with Gasteiger partial charge in [-0.3, -0.25) is 9.98 Å². The number of pyridine rings is 1. The van der Waals surface area contributed by atoms with Gasteiger partial charge in [0, 0.05) is 31.5 Å². The topological polar surface area (TPSA) is 89.3 Å². The van der Waals surface area contributed by atoms with Crippen LogP contribution in [0.4, 0.5) is 32.0 Å². The van der Waals surface area contributed by atoms with Crippen LogP contribution < -0.4 is 16.0 Å². The van der Waals surface area contributed by atoms with Gasteiger partial charge in [-0.15, -0.1) is 0 Å². The Morgan fingerprint density at radius 3 is 2.63 bits per heavy atom. The maximum absolute atomic E-state index is 13.0. The first-order chi connectivity index (χ1) is 16.4. The predicted molar refractivity (Wildman–Crippen MR) is 124 cm³/mol. The number of aromatic nitrogens is 1. The molecular formula is C21H28F6N8. The van der Waals surface area contributed by atoms with Gasteiger partial charge in [-0.1, -0.05) is 13.0 Å². The molecule has 14 heteroatoms. The Hall–Kier alpha value is -3.00. The Balaban J connectivity index is 2.29. The largest absolute Gasteiger partial charge is 0.433 e. The summed E-state index contributed by atoms with van der Waals surface area (Å²) in [5, 5.41) is 8.85. The molecule has 0 radical (unpaired) electrons. The maximum Gasteiger partial charge on any atom is 0.433 e. The summed E-state index contributed by atoms with van der Waals surface area (Å²) in [5.74, 6) is -0.0767. The van der Waals surface area contributed by atoms with E-state index in [9.17, 15) is 26.3 Å². The lowest BCUT2D eigenvalue weighted by Crippen LogP contribution is -2.48.